The molecule has 0 saturated carbocycles. The zero-order valence-corrected chi connectivity index (χ0v) is 8.06. The first-order chi connectivity index (χ1) is 4.22. The first-order valence-electron chi connectivity index (χ1n) is 3.25. The van der Waals surface area contributed by atoms with E-state index in [1.54, 1.807) is 6.93 Å². The van der Waals surface area contributed by atoms with Crippen LogP contribution in [0.25, 0.3) is 0 Å². The van der Waals surface area contributed by atoms with Crippen molar-refractivity contribution in [2.75, 3.05) is 0 Å². The van der Waals surface area contributed by atoms with Crippen molar-refractivity contribution in [1.29, 1.82) is 0 Å². The molecule has 0 heterocycles. The molecule has 0 saturated heterocycles. The molecule has 9 heavy (non-hydrogen) atoms. The fourth-order valence-corrected chi connectivity index (χ4v) is 2.10. The number of hydrogen-bond donors (Lipinski definition) is 0. The van der Waals surface area contributed by atoms with Crippen molar-refractivity contribution in [1.82, 2.24) is 0 Å². The van der Waals surface area contributed by atoms with Gasteiger partial charge in [-0.2, -0.15) is 0 Å². The van der Waals surface area contributed by atoms with Gasteiger partial charge in [0.1, 0.15) is 0 Å². The molecule has 1 aliphatic carbocycles. The third-order valence-electron chi connectivity index (χ3n) is 1.52. The maximum atomic E-state index is 2.26. The molecule has 0 amide bonds. The van der Waals surface area contributed by atoms with E-state index in [1.807, 2.05) is 37.9 Å². The summed E-state index contributed by atoms with van der Waals surface area (Å²) < 4.78 is 1.57. The van der Waals surface area contributed by atoms with E-state index >= 15 is 0 Å². The van der Waals surface area contributed by atoms with E-state index < -0.39 is 0 Å². The van der Waals surface area contributed by atoms with Gasteiger partial charge in [-0.05, 0) is 0 Å². The monoisotopic (exact) mass is 265 g/mol. The molecule has 1 rings (SSSR count). The van der Waals surface area contributed by atoms with Crippen LogP contribution >= 0.6 is 0 Å². The Labute approximate surface area is 82.3 Å². The first kappa shape index (κ1) is 7.91. The molecule has 0 atom stereocenters. The van der Waals surface area contributed by atoms with E-state index in [-0.39, 0.29) is 0 Å². The second kappa shape index (κ2) is 3.27. The minimum atomic E-state index is 0.719. The maximum absolute atomic E-state index is 2.26. The van der Waals surface area contributed by atoms with Crippen molar-refractivity contribution >= 4 is 0 Å². The van der Waals surface area contributed by atoms with Crippen LogP contribution in [-0.4, -0.2) is 0 Å². The van der Waals surface area contributed by atoms with Crippen molar-refractivity contribution in [2.45, 2.75) is 20.3 Å². The van der Waals surface area contributed by atoms with E-state index in [0.29, 0.717) is 0 Å². The van der Waals surface area contributed by atoms with Gasteiger partial charge in [0.2, 0.25) is 0 Å². The Bertz CT molecular complexity index is 163. The van der Waals surface area contributed by atoms with E-state index in [0.717, 1.165) is 5.92 Å². The Kier molecular flexibility index (Phi) is 2.87. The molecular weight excluding hydrogens is 253 g/mol. The van der Waals surface area contributed by atoms with Crippen LogP contribution in [0.15, 0.2) is 19.1 Å². The van der Waals surface area contributed by atoms with E-state index in [9.17, 15) is 0 Å². The average molecular weight is 264 g/mol. The number of rotatable bonds is 1. The Morgan fingerprint density at radius 3 is 2.44 bits per heavy atom. The second-order valence-electron chi connectivity index (χ2n) is 2.61. The molecule has 0 nitrogen and oxygen atoms in total. The quantitative estimate of drug-likeness (QED) is 0.682. The summed E-state index contributed by atoms with van der Waals surface area (Å²) in [7, 11) is 0. The van der Waals surface area contributed by atoms with Gasteiger partial charge in [-0.25, -0.2) is 0 Å². The van der Waals surface area contributed by atoms with Gasteiger partial charge in [-0.3, -0.25) is 0 Å². The van der Waals surface area contributed by atoms with Gasteiger partial charge in [0, 0.05) is 0 Å². The van der Waals surface area contributed by atoms with Crippen molar-refractivity contribution in [3.63, 3.8) is 0 Å². The van der Waals surface area contributed by atoms with Gasteiger partial charge in [0.05, 0.1) is 0 Å². The standard InChI is InChI=1S/C8H11.Gd/c1-7(2)8-5-3-4-6-8;/h3,5,7H,4H2,1-2H3;. The molecule has 0 bridgehead atoms. The SMILES string of the molecule is CC(C)C1=[C]([Gd])CC=C1. The molecule has 1 aliphatic rings. The van der Waals surface area contributed by atoms with Gasteiger partial charge in [-0.15, -0.1) is 0 Å². The summed E-state index contributed by atoms with van der Waals surface area (Å²) in [5, 5.41) is 0. The molecule has 0 aromatic rings. The van der Waals surface area contributed by atoms with Crippen LogP contribution in [0.3, 0.4) is 0 Å². The van der Waals surface area contributed by atoms with E-state index in [1.165, 1.54) is 6.42 Å². The molecule has 0 fully saturated rings. The van der Waals surface area contributed by atoms with Crippen LogP contribution < -0.4 is 0 Å². The van der Waals surface area contributed by atoms with Gasteiger partial charge in [0.15, 0.2) is 0 Å². The van der Waals surface area contributed by atoms with Crippen molar-refractivity contribution in [3.8, 4) is 0 Å². The van der Waals surface area contributed by atoms with Crippen molar-refractivity contribution < 1.29 is 37.9 Å². The van der Waals surface area contributed by atoms with Gasteiger partial charge in [-0.1, -0.05) is 0 Å². The van der Waals surface area contributed by atoms with Crippen LogP contribution in [0, 0.1) is 43.8 Å². The van der Waals surface area contributed by atoms with Gasteiger partial charge < -0.3 is 0 Å². The predicted octanol–water partition coefficient (Wildman–Crippen LogP) is 2.41. The normalized spacial score (nSPS) is 18.2. The first-order valence-corrected chi connectivity index (χ1v) is 4.39. The summed E-state index contributed by atoms with van der Waals surface area (Å²) in [5.41, 5.74) is 1.55. The Hall–Kier alpha value is 0.805. The molecule has 51 valence electrons. The summed E-state index contributed by atoms with van der Waals surface area (Å²) in [6, 6.07) is 0. The van der Waals surface area contributed by atoms with Crippen LogP contribution in [0.1, 0.15) is 20.3 Å². The topological polar surface area (TPSA) is 0 Å². The zero-order chi connectivity index (χ0) is 6.85. The number of allylic oxidation sites excluding steroid dienone is 4. The van der Waals surface area contributed by atoms with E-state index in [4.69, 9.17) is 0 Å². The third kappa shape index (κ3) is 1.86. The van der Waals surface area contributed by atoms with Crippen molar-refractivity contribution in [2.24, 2.45) is 5.92 Å². The Morgan fingerprint density at radius 2 is 2.22 bits per heavy atom. The molecule has 0 radical (unpaired) electrons. The molecule has 0 N–H and O–H groups in total. The molecule has 0 aromatic carbocycles. The van der Waals surface area contributed by atoms with Crippen molar-refractivity contribution in [3.05, 3.63) is 19.1 Å². The zero-order valence-electron chi connectivity index (χ0n) is 5.79. The molecular formula is C8H11Gd. The molecule has 0 spiro atoms. The summed E-state index contributed by atoms with van der Waals surface area (Å²) >= 11 is 2.02. The molecule has 0 unspecified atom stereocenters. The fraction of sp³-hybridized carbons (Fsp3) is 0.500. The number of hydrogen-bond acceptors (Lipinski definition) is 0. The van der Waals surface area contributed by atoms with Gasteiger partial charge >= 0.3 is 83.2 Å². The predicted molar refractivity (Wildman–Crippen MR) is 35.6 cm³/mol. The van der Waals surface area contributed by atoms with Gasteiger partial charge in [0.25, 0.3) is 0 Å². The minimum absolute atomic E-state index is 0.719. The van der Waals surface area contributed by atoms with E-state index in [2.05, 4.69) is 26.0 Å². The fourth-order valence-electron chi connectivity index (χ4n) is 0.991. The Balaban J connectivity index is 2.77. The summed E-state index contributed by atoms with van der Waals surface area (Å²) in [6.07, 6.45) is 5.69. The summed E-state index contributed by atoms with van der Waals surface area (Å²) in [5.74, 6) is 0.719. The average Bonchev–Trinajstić information content (AvgIpc) is 2.13. The van der Waals surface area contributed by atoms with Crippen LogP contribution in [0.2, 0.25) is 0 Å². The third-order valence-corrected chi connectivity index (χ3v) is 2.64. The second-order valence-corrected chi connectivity index (χ2v) is 3.98. The van der Waals surface area contributed by atoms with Crippen LogP contribution in [-0.2, 0) is 0 Å². The molecule has 0 aliphatic heterocycles. The summed E-state index contributed by atoms with van der Waals surface area (Å²) in [6.45, 7) is 4.50. The van der Waals surface area contributed by atoms with Crippen LogP contribution in [0.5, 0.6) is 0 Å². The summed E-state index contributed by atoms with van der Waals surface area (Å²) in [4.78, 5) is 0. The Morgan fingerprint density at radius 1 is 1.56 bits per heavy atom. The molecule has 1 heteroatoms. The molecule has 0 aromatic heterocycles. The van der Waals surface area contributed by atoms with Crippen LogP contribution in [0.4, 0.5) is 0 Å².